The van der Waals surface area contributed by atoms with Crippen LogP contribution < -0.4 is 10.9 Å². The minimum Gasteiger partial charge on any atom is -0.345 e. The van der Waals surface area contributed by atoms with Crippen molar-refractivity contribution in [3.05, 3.63) is 94.6 Å². The fourth-order valence-electron chi connectivity index (χ4n) is 3.94. The zero-order valence-electron chi connectivity index (χ0n) is 21.6. The topological polar surface area (TPSA) is 126 Å². The number of rotatable bonds is 11. The van der Waals surface area contributed by atoms with Crippen LogP contribution in [0.3, 0.4) is 0 Å². The van der Waals surface area contributed by atoms with Crippen molar-refractivity contribution in [1.29, 1.82) is 0 Å². The molecule has 3 aromatic heterocycles. The minimum absolute atomic E-state index is 0.0980. The fourth-order valence-corrected chi connectivity index (χ4v) is 3.94. The minimum atomic E-state index is -0.326. The highest BCUT2D eigenvalue weighted by molar-refractivity contribution is 5.90. The largest absolute Gasteiger partial charge is 0.345 e. The highest BCUT2D eigenvalue weighted by atomic mass is 16.2. The molecule has 10 heteroatoms. The number of anilines is 1. The zero-order valence-corrected chi connectivity index (χ0v) is 21.6. The molecule has 0 saturated carbocycles. The number of hydrogen-bond acceptors (Lipinski definition) is 6. The molecule has 0 fully saturated rings. The molecule has 2 N–H and O–H groups in total. The number of nitrogens with zero attached hydrogens (tertiary/aromatic N) is 5. The Labute approximate surface area is 220 Å². The standard InChI is InChI=1S/C28H31N7O3/c1-34(2)25(37)14-8-4-7-13-24(36)31-22-12-9-17-35(28(22)38)18-23-32-26-21(29-19-30-27(26)33-23)16-15-20-10-5-3-6-11-20/h3,5-6,8-12,14,17,19H,4,7,13,15-16,18H2,1-2H3,(H,31,36)(H,29,30,32,33)/b14-8+. The van der Waals surface area contributed by atoms with E-state index in [9.17, 15) is 14.4 Å². The van der Waals surface area contributed by atoms with Gasteiger partial charge >= 0.3 is 0 Å². The van der Waals surface area contributed by atoms with Crippen LogP contribution in [-0.4, -0.2) is 55.3 Å². The summed E-state index contributed by atoms with van der Waals surface area (Å²) >= 11 is 0. The van der Waals surface area contributed by atoms with Crippen molar-refractivity contribution < 1.29 is 9.59 Å². The number of benzene rings is 1. The SMILES string of the molecule is CN(C)C(=O)/C=C/CCCC(=O)Nc1cccn(Cc2nc3ncnc(CCc4ccccc4)c3[nH]2)c1=O. The highest BCUT2D eigenvalue weighted by Crippen LogP contribution is 2.15. The van der Waals surface area contributed by atoms with Gasteiger partial charge in [0.25, 0.3) is 5.56 Å². The number of aromatic amines is 1. The first-order valence-corrected chi connectivity index (χ1v) is 12.5. The number of unbranched alkanes of at least 4 members (excludes halogenated alkanes) is 1. The number of carbonyl (C=O) groups excluding carboxylic acids is 2. The van der Waals surface area contributed by atoms with Gasteiger partial charge in [-0.1, -0.05) is 36.4 Å². The van der Waals surface area contributed by atoms with Crippen LogP contribution in [0.5, 0.6) is 0 Å². The molecule has 38 heavy (non-hydrogen) atoms. The Bertz CT molecular complexity index is 1490. The normalized spacial score (nSPS) is 11.2. The molecule has 2 amide bonds. The van der Waals surface area contributed by atoms with Crippen LogP contribution in [0.1, 0.15) is 36.3 Å². The molecule has 0 radical (unpaired) electrons. The van der Waals surface area contributed by atoms with Crippen molar-refractivity contribution in [3.8, 4) is 0 Å². The maximum atomic E-state index is 13.0. The number of imidazole rings is 1. The molecule has 0 aliphatic rings. The predicted molar refractivity (Wildman–Crippen MR) is 146 cm³/mol. The third-order valence-electron chi connectivity index (χ3n) is 6.00. The van der Waals surface area contributed by atoms with E-state index >= 15 is 0 Å². The fraction of sp³-hybridized carbons (Fsp3) is 0.286. The van der Waals surface area contributed by atoms with Gasteiger partial charge in [0.2, 0.25) is 11.8 Å². The number of pyridine rings is 1. The quantitative estimate of drug-likeness (QED) is 0.234. The van der Waals surface area contributed by atoms with Gasteiger partial charge in [0.15, 0.2) is 5.65 Å². The van der Waals surface area contributed by atoms with Gasteiger partial charge in [0.1, 0.15) is 23.4 Å². The molecule has 4 rings (SSSR count). The third-order valence-corrected chi connectivity index (χ3v) is 6.00. The first-order chi connectivity index (χ1) is 18.4. The Morgan fingerprint density at radius 2 is 1.89 bits per heavy atom. The number of allylic oxidation sites excluding steroid dienone is 1. The monoisotopic (exact) mass is 513 g/mol. The van der Waals surface area contributed by atoms with E-state index < -0.39 is 0 Å². The van der Waals surface area contributed by atoms with Gasteiger partial charge in [-0.15, -0.1) is 0 Å². The van der Waals surface area contributed by atoms with Crippen LogP contribution in [0.15, 0.2) is 71.9 Å². The van der Waals surface area contributed by atoms with E-state index in [1.54, 1.807) is 38.5 Å². The zero-order chi connectivity index (χ0) is 26.9. The summed E-state index contributed by atoms with van der Waals surface area (Å²) in [4.78, 5) is 54.9. The molecule has 4 aromatic rings. The molecule has 0 unspecified atom stereocenters. The Morgan fingerprint density at radius 1 is 1.08 bits per heavy atom. The maximum Gasteiger partial charge on any atom is 0.274 e. The average molecular weight is 514 g/mol. The van der Waals surface area contributed by atoms with Crippen LogP contribution >= 0.6 is 0 Å². The molecule has 0 spiro atoms. The number of aromatic nitrogens is 5. The molecular weight excluding hydrogens is 482 g/mol. The van der Waals surface area contributed by atoms with Gasteiger partial charge in [-0.3, -0.25) is 14.4 Å². The van der Waals surface area contributed by atoms with Crippen LogP contribution in [0, 0.1) is 0 Å². The van der Waals surface area contributed by atoms with Crippen LogP contribution in [0.25, 0.3) is 11.2 Å². The Morgan fingerprint density at radius 3 is 2.68 bits per heavy atom. The number of aryl methyl sites for hydroxylation is 2. The molecule has 0 bridgehead atoms. The lowest BCUT2D eigenvalue weighted by Crippen LogP contribution is -2.26. The van der Waals surface area contributed by atoms with Crippen LogP contribution in [0.4, 0.5) is 5.69 Å². The smallest absolute Gasteiger partial charge is 0.274 e. The van der Waals surface area contributed by atoms with Gasteiger partial charge < -0.3 is 19.8 Å². The summed E-state index contributed by atoms with van der Waals surface area (Å²) in [7, 11) is 3.36. The van der Waals surface area contributed by atoms with Crippen molar-refractivity contribution in [2.24, 2.45) is 0 Å². The highest BCUT2D eigenvalue weighted by Gasteiger charge is 2.13. The van der Waals surface area contributed by atoms with E-state index in [2.05, 4.69) is 37.4 Å². The lowest BCUT2D eigenvalue weighted by molar-refractivity contribution is -0.123. The van der Waals surface area contributed by atoms with Crippen molar-refractivity contribution in [2.75, 3.05) is 19.4 Å². The summed E-state index contributed by atoms with van der Waals surface area (Å²) in [6, 6.07) is 13.5. The molecule has 10 nitrogen and oxygen atoms in total. The molecular formula is C28H31N7O3. The molecule has 0 aliphatic heterocycles. The summed E-state index contributed by atoms with van der Waals surface area (Å²) in [6.07, 6.45) is 9.36. The van der Waals surface area contributed by atoms with Crippen LogP contribution in [0.2, 0.25) is 0 Å². The van der Waals surface area contributed by atoms with Crippen molar-refractivity contribution in [3.63, 3.8) is 0 Å². The van der Waals surface area contributed by atoms with E-state index in [-0.39, 0.29) is 36.0 Å². The van der Waals surface area contributed by atoms with Crippen molar-refractivity contribution >= 4 is 28.7 Å². The van der Waals surface area contributed by atoms with E-state index in [0.29, 0.717) is 24.3 Å². The molecule has 0 aliphatic carbocycles. The molecule has 196 valence electrons. The van der Waals surface area contributed by atoms with Crippen molar-refractivity contribution in [2.45, 2.75) is 38.6 Å². The summed E-state index contributed by atoms with van der Waals surface area (Å²) < 4.78 is 1.49. The number of hydrogen-bond donors (Lipinski definition) is 2. The third kappa shape index (κ3) is 7.00. The first-order valence-electron chi connectivity index (χ1n) is 12.5. The number of nitrogens with one attached hydrogen (secondary N) is 2. The Kier molecular flexibility index (Phi) is 8.76. The Balaban J connectivity index is 1.38. The van der Waals surface area contributed by atoms with Gasteiger partial charge in [-0.05, 0) is 49.5 Å². The Hall–Kier alpha value is -4.60. The van der Waals surface area contributed by atoms with Gasteiger partial charge in [-0.2, -0.15) is 0 Å². The van der Waals surface area contributed by atoms with E-state index in [0.717, 1.165) is 24.1 Å². The molecule has 0 saturated heterocycles. The van der Waals surface area contributed by atoms with E-state index in [1.165, 1.54) is 27.4 Å². The van der Waals surface area contributed by atoms with E-state index in [4.69, 9.17) is 0 Å². The van der Waals surface area contributed by atoms with Crippen LogP contribution in [-0.2, 0) is 29.0 Å². The van der Waals surface area contributed by atoms with E-state index in [1.807, 2.05) is 18.2 Å². The summed E-state index contributed by atoms with van der Waals surface area (Å²) in [5.41, 5.74) is 3.28. The lowest BCUT2D eigenvalue weighted by Gasteiger charge is -2.08. The second kappa shape index (κ2) is 12.6. The molecule has 1 aromatic carbocycles. The maximum absolute atomic E-state index is 13.0. The number of amides is 2. The second-order valence-corrected chi connectivity index (χ2v) is 9.12. The predicted octanol–water partition coefficient (Wildman–Crippen LogP) is 3.10. The number of carbonyl (C=O) groups is 2. The summed E-state index contributed by atoms with van der Waals surface area (Å²) in [5.74, 6) is 0.222. The first kappa shape index (κ1) is 26.5. The second-order valence-electron chi connectivity index (χ2n) is 9.12. The number of likely N-dealkylation sites (N-methyl/N-ethyl adjacent to an activating group) is 1. The van der Waals surface area contributed by atoms with Gasteiger partial charge in [-0.25, -0.2) is 15.0 Å². The van der Waals surface area contributed by atoms with Crippen molar-refractivity contribution in [1.82, 2.24) is 29.4 Å². The van der Waals surface area contributed by atoms with Gasteiger partial charge in [0.05, 0.1) is 12.2 Å². The van der Waals surface area contributed by atoms with Gasteiger partial charge in [0, 0.05) is 26.7 Å². The molecule has 3 heterocycles. The average Bonchev–Trinajstić information content (AvgIpc) is 3.33. The summed E-state index contributed by atoms with van der Waals surface area (Å²) in [6.45, 7) is 0.196. The molecule has 0 atom stereocenters. The number of fused-ring (bicyclic) bond motifs is 1. The number of H-pyrrole nitrogens is 1. The summed E-state index contributed by atoms with van der Waals surface area (Å²) in [5, 5.41) is 2.70. The lowest BCUT2D eigenvalue weighted by atomic mass is 10.1.